The molecule has 1 aliphatic rings. The van der Waals surface area contributed by atoms with Gasteiger partial charge >= 0.3 is 5.97 Å². The van der Waals surface area contributed by atoms with Crippen LogP contribution in [0.15, 0.2) is 0 Å². The molecule has 0 aromatic rings. The molecule has 0 aliphatic heterocycles. The number of carbonyl (C=O) groups is 3. The molecular weight excluding hydrogens is 308 g/mol. The van der Waals surface area contributed by atoms with Gasteiger partial charge < -0.3 is 15.0 Å². The van der Waals surface area contributed by atoms with E-state index in [1.54, 1.807) is 11.8 Å². The van der Waals surface area contributed by atoms with E-state index in [0.717, 1.165) is 6.42 Å². The monoisotopic (exact) mass is 340 g/mol. The summed E-state index contributed by atoms with van der Waals surface area (Å²) in [5, 5.41) is 2.70. The van der Waals surface area contributed by atoms with Crippen LogP contribution in [-0.2, 0) is 19.1 Å². The van der Waals surface area contributed by atoms with E-state index in [-0.39, 0.29) is 24.2 Å². The minimum Gasteiger partial charge on any atom is -0.466 e. The van der Waals surface area contributed by atoms with Gasteiger partial charge in [-0.25, -0.2) is 0 Å². The van der Waals surface area contributed by atoms with Gasteiger partial charge in [-0.05, 0) is 19.3 Å². The third kappa shape index (κ3) is 8.89. The maximum Gasteiger partial charge on any atom is 0.307 e. The number of hydrogen-bond acceptors (Lipinski definition) is 4. The summed E-state index contributed by atoms with van der Waals surface area (Å²) in [6, 6.07) is 0. The molecule has 1 fully saturated rings. The van der Waals surface area contributed by atoms with Gasteiger partial charge in [-0.1, -0.05) is 32.1 Å². The summed E-state index contributed by atoms with van der Waals surface area (Å²) >= 11 is 0. The molecule has 0 heterocycles. The molecule has 1 saturated carbocycles. The van der Waals surface area contributed by atoms with Gasteiger partial charge in [-0.15, -0.1) is 0 Å². The van der Waals surface area contributed by atoms with Crippen LogP contribution in [-0.4, -0.2) is 48.9 Å². The second-order valence-electron chi connectivity index (χ2n) is 6.46. The highest BCUT2D eigenvalue weighted by Gasteiger charge is 2.19. The molecule has 1 rings (SSSR count). The van der Waals surface area contributed by atoms with E-state index in [1.165, 1.54) is 39.0 Å². The highest BCUT2D eigenvalue weighted by Crippen LogP contribution is 2.27. The Labute approximate surface area is 145 Å². The average molecular weight is 340 g/mol. The molecule has 0 aromatic heterocycles. The van der Waals surface area contributed by atoms with Gasteiger partial charge in [0, 0.05) is 33.0 Å². The summed E-state index contributed by atoms with van der Waals surface area (Å²) in [4.78, 5) is 36.7. The zero-order chi connectivity index (χ0) is 17.8. The molecule has 2 amide bonds. The van der Waals surface area contributed by atoms with Crippen molar-refractivity contribution in [2.45, 2.75) is 65.2 Å². The zero-order valence-corrected chi connectivity index (χ0v) is 15.1. The van der Waals surface area contributed by atoms with Crippen LogP contribution in [0.3, 0.4) is 0 Å². The van der Waals surface area contributed by atoms with E-state index >= 15 is 0 Å². The van der Waals surface area contributed by atoms with Crippen molar-refractivity contribution in [3.8, 4) is 0 Å². The van der Waals surface area contributed by atoms with Crippen LogP contribution < -0.4 is 5.32 Å². The number of ether oxygens (including phenoxy) is 1. The van der Waals surface area contributed by atoms with E-state index in [0.29, 0.717) is 38.6 Å². The lowest BCUT2D eigenvalue weighted by atomic mass is 9.86. The van der Waals surface area contributed by atoms with Crippen LogP contribution >= 0.6 is 0 Å². The first-order valence-corrected chi connectivity index (χ1v) is 9.20. The number of nitrogens with one attached hydrogen (secondary N) is 1. The number of nitrogens with zero attached hydrogens (tertiary/aromatic N) is 1. The van der Waals surface area contributed by atoms with Crippen molar-refractivity contribution < 1.29 is 19.1 Å². The number of rotatable bonds is 10. The lowest BCUT2D eigenvalue weighted by Gasteiger charge is -2.25. The first-order valence-electron chi connectivity index (χ1n) is 9.20. The quantitative estimate of drug-likeness (QED) is 0.619. The summed E-state index contributed by atoms with van der Waals surface area (Å²) < 4.78 is 4.92. The largest absolute Gasteiger partial charge is 0.466 e. The maximum absolute atomic E-state index is 12.5. The molecule has 0 radical (unpaired) electrons. The van der Waals surface area contributed by atoms with Crippen molar-refractivity contribution in [1.82, 2.24) is 10.2 Å². The summed E-state index contributed by atoms with van der Waals surface area (Å²) in [7, 11) is 0. The van der Waals surface area contributed by atoms with Crippen LogP contribution in [0.5, 0.6) is 0 Å². The van der Waals surface area contributed by atoms with Crippen molar-refractivity contribution in [3.63, 3.8) is 0 Å². The predicted octanol–water partition coefficient (Wildman–Crippen LogP) is 2.26. The first kappa shape index (κ1) is 20.5. The highest BCUT2D eigenvalue weighted by atomic mass is 16.5. The topological polar surface area (TPSA) is 75.7 Å². The maximum atomic E-state index is 12.5. The molecule has 0 saturated heterocycles. The summed E-state index contributed by atoms with van der Waals surface area (Å²) in [6.45, 7) is 4.76. The van der Waals surface area contributed by atoms with Crippen LogP contribution in [0, 0.1) is 5.92 Å². The van der Waals surface area contributed by atoms with E-state index in [9.17, 15) is 14.4 Å². The first-order chi connectivity index (χ1) is 11.5. The van der Waals surface area contributed by atoms with Crippen LogP contribution in [0.1, 0.15) is 65.2 Å². The summed E-state index contributed by atoms with van der Waals surface area (Å²) in [5.41, 5.74) is 0. The molecule has 0 bridgehead atoms. The van der Waals surface area contributed by atoms with Crippen LogP contribution in [0.25, 0.3) is 0 Å². The summed E-state index contributed by atoms with van der Waals surface area (Å²) in [5.74, 6) is 0.317. The van der Waals surface area contributed by atoms with Crippen molar-refractivity contribution >= 4 is 17.8 Å². The Balaban J connectivity index is 2.42. The molecular formula is C18H32N2O4. The second-order valence-corrected chi connectivity index (χ2v) is 6.46. The Morgan fingerprint density at radius 2 is 1.79 bits per heavy atom. The van der Waals surface area contributed by atoms with Crippen molar-refractivity contribution in [3.05, 3.63) is 0 Å². The van der Waals surface area contributed by atoms with Crippen LogP contribution in [0.4, 0.5) is 0 Å². The Morgan fingerprint density at radius 1 is 1.08 bits per heavy atom. The number of esters is 1. The van der Waals surface area contributed by atoms with Crippen molar-refractivity contribution in [1.29, 1.82) is 0 Å². The van der Waals surface area contributed by atoms with Gasteiger partial charge in [-0.3, -0.25) is 14.4 Å². The average Bonchev–Trinajstić information content (AvgIpc) is 2.56. The molecule has 1 N–H and O–H groups in total. The SMILES string of the molecule is CCOC(=O)CCN(CCNC(C)=O)C(=O)CCC1CCCCC1. The molecule has 24 heavy (non-hydrogen) atoms. The number of carbonyl (C=O) groups excluding carboxylic acids is 3. The predicted molar refractivity (Wildman–Crippen MR) is 92.3 cm³/mol. The minimum absolute atomic E-state index is 0.0650. The molecule has 0 unspecified atom stereocenters. The van der Waals surface area contributed by atoms with Gasteiger partial charge in [0.25, 0.3) is 0 Å². The van der Waals surface area contributed by atoms with E-state index < -0.39 is 0 Å². The molecule has 0 spiro atoms. The summed E-state index contributed by atoms with van der Waals surface area (Å²) in [6.07, 6.45) is 7.95. The Hall–Kier alpha value is -1.59. The highest BCUT2D eigenvalue weighted by molar-refractivity contribution is 5.77. The fourth-order valence-corrected chi connectivity index (χ4v) is 3.15. The van der Waals surface area contributed by atoms with E-state index in [4.69, 9.17) is 4.74 Å². The molecule has 138 valence electrons. The van der Waals surface area contributed by atoms with Gasteiger partial charge in [0.1, 0.15) is 0 Å². The zero-order valence-electron chi connectivity index (χ0n) is 15.1. The van der Waals surface area contributed by atoms with E-state index in [1.807, 2.05) is 0 Å². The third-order valence-corrected chi connectivity index (χ3v) is 4.49. The van der Waals surface area contributed by atoms with Gasteiger partial charge in [0.15, 0.2) is 0 Å². The molecule has 0 aromatic carbocycles. The van der Waals surface area contributed by atoms with Gasteiger partial charge in [0.05, 0.1) is 13.0 Å². The Bertz CT molecular complexity index is 406. The minimum atomic E-state index is -0.290. The third-order valence-electron chi connectivity index (χ3n) is 4.49. The molecule has 6 nitrogen and oxygen atoms in total. The van der Waals surface area contributed by atoms with Gasteiger partial charge in [-0.2, -0.15) is 0 Å². The number of hydrogen-bond donors (Lipinski definition) is 1. The Kier molecular flexibility index (Phi) is 10.1. The van der Waals surface area contributed by atoms with Crippen LogP contribution in [0.2, 0.25) is 0 Å². The van der Waals surface area contributed by atoms with Gasteiger partial charge in [0.2, 0.25) is 11.8 Å². The normalized spacial score (nSPS) is 14.9. The molecule has 0 atom stereocenters. The lowest BCUT2D eigenvalue weighted by Crippen LogP contribution is -2.39. The standard InChI is InChI=1S/C18H32N2O4/c1-3-24-18(23)11-13-20(14-12-19-15(2)21)17(22)10-9-16-7-5-4-6-8-16/h16H,3-14H2,1-2H3,(H,19,21). The lowest BCUT2D eigenvalue weighted by molar-refractivity contribution is -0.144. The van der Waals surface area contributed by atoms with Crippen molar-refractivity contribution in [2.75, 3.05) is 26.2 Å². The smallest absolute Gasteiger partial charge is 0.307 e. The fourth-order valence-electron chi connectivity index (χ4n) is 3.15. The number of amides is 2. The molecule has 1 aliphatic carbocycles. The second kappa shape index (κ2) is 11.9. The fraction of sp³-hybridized carbons (Fsp3) is 0.833. The Morgan fingerprint density at radius 3 is 2.42 bits per heavy atom. The molecule has 6 heteroatoms. The van der Waals surface area contributed by atoms with Crippen molar-refractivity contribution in [2.24, 2.45) is 5.92 Å². The van der Waals surface area contributed by atoms with E-state index in [2.05, 4.69) is 5.32 Å².